The van der Waals surface area contributed by atoms with E-state index < -0.39 is 0 Å². The first kappa shape index (κ1) is 21.1. The second kappa shape index (κ2) is 9.32. The number of furan rings is 1. The van der Waals surface area contributed by atoms with Crippen LogP contribution in [-0.2, 0) is 6.42 Å². The molecule has 0 radical (unpaired) electrons. The number of nitrogens with two attached hydrogens (primary N) is 1. The van der Waals surface area contributed by atoms with E-state index in [1.165, 1.54) is 24.1 Å². The van der Waals surface area contributed by atoms with E-state index in [1.807, 2.05) is 6.07 Å². The summed E-state index contributed by atoms with van der Waals surface area (Å²) >= 11 is 5.88. The molecule has 2 N–H and O–H groups in total. The Labute approximate surface area is 185 Å². The monoisotopic (exact) mass is 420 g/mol. The number of thiocarbonyl (C=S) groups is 1. The van der Waals surface area contributed by atoms with Crippen LogP contribution in [0.3, 0.4) is 0 Å². The van der Waals surface area contributed by atoms with Crippen molar-refractivity contribution in [2.24, 2.45) is 0 Å². The number of likely N-dealkylation sites (tertiary alicyclic amines) is 1. The Balaban J connectivity index is 1.63. The van der Waals surface area contributed by atoms with Crippen LogP contribution in [0.4, 0.5) is 5.88 Å². The number of anilines is 1. The normalized spacial score (nSPS) is 15.7. The number of nitrogens with zero attached hydrogens (tertiary/aromatic N) is 1. The molecule has 0 saturated carbocycles. The zero-order valence-electron chi connectivity index (χ0n) is 18.1. The summed E-state index contributed by atoms with van der Waals surface area (Å²) in [7, 11) is 0. The first-order valence-corrected chi connectivity index (χ1v) is 11.7. The third-order valence-electron chi connectivity index (χ3n) is 6.28. The molecule has 2 aromatic carbocycles. The van der Waals surface area contributed by atoms with Crippen molar-refractivity contribution in [3.63, 3.8) is 0 Å². The lowest BCUT2D eigenvalue weighted by Gasteiger charge is -2.31. The summed E-state index contributed by atoms with van der Waals surface area (Å²) in [5.41, 5.74) is 11.9. The van der Waals surface area contributed by atoms with Gasteiger partial charge >= 0.3 is 0 Å². The van der Waals surface area contributed by atoms with Crippen LogP contribution in [0, 0.1) is 0 Å². The van der Waals surface area contributed by atoms with Crippen LogP contribution in [0.25, 0.3) is 11.0 Å². The molecule has 3 aromatic rings. The van der Waals surface area contributed by atoms with Gasteiger partial charge in [0.05, 0.1) is 4.86 Å². The van der Waals surface area contributed by atoms with E-state index in [4.69, 9.17) is 22.4 Å². The summed E-state index contributed by atoms with van der Waals surface area (Å²) in [6, 6.07) is 14.9. The molecule has 158 valence electrons. The van der Waals surface area contributed by atoms with E-state index in [1.54, 1.807) is 0 Å². The number of aryl methyl sites for hydroxylation is 1. The third-order valence-corrected chi connectivity index (χ3v) is 6.75. The van der Waals surface area contributed by atoms with Gasteiger partial charge in [0.15, 0.2) is 5.88 Å². The van der Waals surface area contributed by atoms with Crippen LogP contribution < -0.4 is 5.73 Å². The largest absolute Gasteiger partial charge is 0.441 e. The van der Waals surface area contributed by atoms with Crippen LogP contribution in [-0.4, -0.2) is 29.4 Å². The summed E-state index contributed by atoms with van der Waals surface area (Å²) in [5.74, 6) is 1.03. The predicted octanol–water partition coefficient (Wildman–Crippen LogP) is 6.32. The fourth-order valence-corrected chi connectivity index (χ4v) is 5.04. The van der Waals surface area contributed by atoms with Crippen molar-refractivity contribution < 1.29 is 4.42 Å². The van der Waals surface area contributed by atoms with Crippen molar-refractivity contribution >= 4 is 33.9 Å². The van der Waals surface area contributed by atoms with Gasteiger partial charge in [-0.3, -0.25) is 0 Å². The first-order valence-electron chi connectivity index (χ1n) is 11.3. The Bertz CT molecular complexity index is 1030. The molecule has 3 nitrogen and oxygen atoms in total. The molecule has 2 heterocycles. The molecular weight excluding hydrogens is 388 g/mol. The van der Waals surface area contributed by atoms with Gasteiger partial charge in [-0.2, -0.15) is 0 Å². The molecule has 1 fully saturated rings. The topological polar surface area (TPSA) is 42.4 Å². The SMILES string of the molecule is CCCc1cccc(C(=S)c2ccc3oc(N)c(C4CCN(CCC)CC4)c3c2)c1. The molecule has 0 unspecified atom stereocenters. The molecule has 0 amide bonds. The quantitative estimate of drug-likeness (QED) is 0.358. The smallest absolute Gasteiger partial charge is 0.195 e. The summed E-state index contributed by atoms with van der Waals surface area (Å²) in [6.07, 6.45) is 5.69. The second-order valence-corrected chi connectivity index (χ2v) is 8.89. The lowest BCUT2D eigenvalue weighted by Crippen LogP contribution is -2.33. The van der Waals surface area contributed by atoms with Gasteiger partial charge in [0.25, 0.3) is 0 Å². The minimum absolute atomic E-state index is 0.455. The van der Waals surface area contributed by atoms with Crippen molar-refractivity contribution in [2.75, 3.05) is 25.4 Å². The lowest BCUT2D eigenvalue weighted by molar-refractivity contribution is 0.213. The standard InChI is InChI=1S/C26H32N2OS/c1-3-6-18-7-5-8-20(16-18)25(30)21-9-10-23-22(17-21)24(26(27)29-23)19-11-14-28(13-4-2)15-12-19/h5,7-10,16-17,19H,3-4,6,11-15,27H2,1-2H3. The number of piperidine rings is 1. The average molecular weight is 421 g/mol. The molecule has 1 aliphatic heterocycles. The summed E-state index contributed by atoms with van der Waals surface area (Å²) in [4.78, 5) is 3.44. The van der Waals surface area contributed by atoms with Crippen LogP contribution in [0.1, 0.15) is 67.7 Å². The highest BCUT2D eigenvalue weighted by molar-refractivity contribution is 7.81. The van der Waals surface area contributed by atoms with E-state index >= 15 is 0 Å². The minimum atomic E-state index is 0.455. The minimum Gasteiger partial charge on any atom is -0.441 e. The Hall–Kier alpha value is -2.17. The Kier molecular flexibility index (Phi) is 6.55. The van der Waals surface area contributed by atoms with E-state index in [2.05, 4.69) is 55.1 Å². The number of benzene rings is 2. The van der Waals surface area contributed by atoms with E-state index in [-0.39, 0.29) is 0 Å². The lowest BCUT2D eigenvalue weighted by atomic mass is 9.88. The number of hydrogen-bond acceptors (Lipinski definition) is 4. The summed E-state index contributed by atoms with van der Waals surface area (Å²) in [6.45, 7) is 7.90. The summed E-state index contributed by atoms with van der Waals surface area (Å²) < 4.78 is 5.94. The predicted molar refractivity (Wildman–Crippen MR) is 131 cm³/mol. The van der Waals surface area contributed by atoms with Gasteiger partial charge in [0.1, 0.15) is 5.58 Å². The van der Waals surface area contributed by atoms with Crippen LogP contribution >= 0.6 is 12.2 Å². The van der Waals surface area contributed by atoms with Crippen molar-refractivity contribution in [1.82, 2.24) is 4.90 Å². The molecule has 1 saturated heterocycles. The van der Waals surface area contributed by atoms with Gasteiger partial charge in [0, 0.05) is 10.9 Å². The molecule has 4 rings (SSSR count). The molecule has 0 bridgehead atoms. The van der Waals surface area contributed by atoms with Crippen LogP contribution in [0.2, 0.25) is 0 Å². The van der Waals surface area contributed by atoms with Gasteiger partial charge in [-0.1, -0.05) is 56.8 Å². The van der Waals surface area contributed by atoms with Gasteiger partial charge in [0.2, 0.25) is 0 Å². The Morgan fingerprint density at radius 3 is 2.57 bits per heavy atom. The van der Waals surface area contributed by atoms with Gasteiger partial charge in [-0.05, 0) is 86.1 Å². The molecule has 0 aliphatic carbocycles. The molecule has 1 aliphatic rings. The molecule has 4 heteroatoms. The molecule has 1 aromatic heterocycles. The van der Waals surface area contributed by atoms with Crippen molar-refractivity contribution in [3.05, 3.63) is 64.7 Å². The van der Waals surface area contributed by atoms with Gasteiger partial charge in [-0.25, -0.2) is 0 Å². The molecule has 30 heavy (non-hydrogen) atoms. The number of nitrogen functional groups attached to an aromatic ring is 1. The van der Waals surface area contributed by atoms with E-state index in [0.717, 1.165) is 65.7 Å². The Morgan fingerprint density at radius 2 is 1.83 bits per heavy atom. The van der Waals surface area contributed by atoms with Gasteiger partial charge < -0.3 is 15.1 Å². The second-order valence-electron chi connectivity index (χ2n) is 8.49. The number of hydrogen-bond donors (Lipinski definition) is 1. The fraction of sp³-hybridized carbons (Fsp3) is 0.423. The average Bonchev–Trinajstić information content (AvgIpc) is 3.09. The number of rotatable bonds is 7. The van der Waals surface area contributed by atoms with Gasteiger partial charge in [-0.15, -0.1) is 0 Å². The van der Waals surface area contributed by atoms with Crippen molar-refractivity contribution in [1.29, 1.82) is 0 Å². The number of fused-ring (bicyclic) bond motifs is 1. The first-order chi connectivity index (χ1) is 14.6. The molecular formula is C26H32N2OS. The van der Waals surface area contributed by atoms with E-state index in [9.17, 15) is 0 Å². The maximum absolute atomic E-state index is 6.35. The fourth-order valence-electron chi connectivity index (χ4n) is 4.78. The zero-order chi connectivity index (χ0) is 21.1. The highest BCUT2D eigenvalue weighted by Gasteiger charge is 2.26. The van der Waals surface area contributed by atoms with Crippen LogP contribution in [0.15, 0.2) is 46.9 Å². The highest BCUT2D eigenvalue weighted by atomic mass is 32.1. The maximum atomic E-state index is 6.35. The maximum Gasteiger partial charge on any atom is 0.195 e. The molecule has 0 atom stereocenters. The summed E-state index contributed by atoms with van der Waals surface area (Å²) in [5, 5.41) is 1.13. The Morgan fingerprint density at radius 1 is 1.07 bits per heavy atom. The van der Waals surface area contributed by atoms with Crippen molar-refractivity contribution in [3.8, 4) is 0 Å². The highest BCUT2D eigenvalue weighted by Crippen LogP contribution is 2.39. The third kappa shape index (κ3) is 4.30. The van der Waals surface area contributed by atoms with Crippen molar-refractivity contribution in [2.45, 2.75) is 51.9 Å². The van der Waals surface area contributed by atoms with Crippen LogP contribution in [0.5, 0.6) is 0 Å². The van der Waals surface area contributed by atoms with E-state index in [0.29, 0.717) is 11.8 Å². The zero-order valence-corrected chi connectivity index (χ0v) is 18.9. The molecule has 0 spiro atoms.